The summed E-state index contributed by atoms with van der Waals surface area (Å²) in [6.45, 7) is 8.29. The van der Waals surface area contributed by atoms with Crippen LogP contribution >= 0.6 is 0 Å². The second-order valence-corrected chi connectivity index (χ2v) is 7.54. The van der Waals surface area contributed by atoms with Gasteiger partial charge in [0.25, 0.3) is 5.91 Å². The Kier molecular flexibility index (Phi) is 6.64. The highest BCUT2D eigenvalue weighted by Gasteiger charge is 2.24. The average Bonchev–Trinajstić information content (AvgIpc) is 2.71. The second kappa shape index (κ2) is 9.18. The smallest absolute Gasteiger partial charge is 0.254 e. The van der Waals surface area contributed by atoms with E-state index in [1.165, 1.54) is 6.07 Å². The lowest BCUT2D eigenvalue weighted by molar-refractivity contribution is -0.117. The van der Waals surface area contributed by atoms with Gasteiger partial charge in [0, 0.05) is 37.4 Å². The Morgan fingerprint density at radius 2 is 1.76 bits per heavy atom. The molecular weight excluding hydrogens is 369 g/mol. The number of nitrogens with zero attached hydrogens (tertiary/aromatic N) is 2. The SMILES string of the molecule is CCc1cccc(C)c1NC(=O)CN1CCN(C(=O)c2ccc(C)c(F)c2)CC1. The van der Waals surface area contributed by atoms with Crippen molar-refractivity contribution in [2.75, 3.05) is 38.0 Å². The number of piperazine rings is 1. The van der Waals surface area contributed by atoms with Crippen molar-refractivity contribution in [3.05, 3.63) is 64.5 Å². The van der Waals surface area contributed by atoms with E-state index >= 15 is 0 Å². The largest absolute Gasteiger partial charge is 0.336 e. The number of carbonyl (C=O) groups is 2. The van der Waals surface area contributed by atoms with Crippen LogP contribution in [0, 0.1) is 19.7 Å². The van der Waals surface area contributed by atoms with E-state index in [0.29, 0.717) is 43.9 Å². The summed E-state index contributed by atoms with van der Waals surface area (Å²) in [6.07, 6.45) is 0.859. The molecule has 5 nitrogen and oxygen atoms in total. The molecule has 0 atom stereocenters. The highest BCUT2D eigenvalue weighted by atomic mass is 19.1. The Morgan fingerprint density at radius 1 is 1.03 bits per heavy atom. The van der Waals surface area contributed by atoms with Crippen molar-refractivity contribution in [1.82, 2.24) is 9.80 Å². The normalized spacial score (nSPS) is 14.7. The van der Waals surface area contributed by atoms with Gasteiger partial charge in [0.05, 0.1) is 6.54 Å². The Bertz CT molecular complexity index is 905. The minimum atomic E-state index is -0.367. The molecule has 1 fully saturated rings. The van der Waals surface area contributed by atoms with Crippen LogP contribution in [-0.2, 0) is 11.2 Å². The summed E-state index contributed by atoms with van der Waals surface area (Å²) in [5.41, 5.74) is 3.97. The minimum absolute atomic E-state index is 0.0469. The maximum Gasteiger partial charge on any atom is 0.254 e. The number of rotatable bonds is 5. The first-order chi connectivity index (χ1) is 13.9. The van der Waals surface area contributed by atoms with E-state index in [2.05, 4.69) is 12.2 Å². The zero-order valence-electron chi connectivity index (χ0n) is 17.3. The third-order valence-electron chi connectivity index (χ3n) is 5.45. The molecule has 2 aromatic rings. The molecule has 0 unspecified atom stereocenters. The number of hydrogen-bond acceptors (Lipinski definition) is 3. The quantitative estimate of drug-likeness (QED) is 0.841. The van der Waals surface area contributed by atoms with Gasteiger partial charge in [0.1, 0.15) is 5.82 Å². The molecule has 2 amide bonds. The number of benzene rings is 2. The van der Waals surface area contributed by atoms with Crippen LogP contribution in [0.15, 0.2) is 36.4 Å². The highest BCUT2D eigenvalue weighted by Crippen LogP contribution is 2.21. The fraction of sp³-hybridized carbons (Fsp3) is 0.391. The number of para-hydroxylation sites is 1. The molecule has 0 spiro atoms. The van der Waals surface area contributed by atoms with E-state index in [-0.39, 0.29) is 17.6 Å². The molecule has 0 saturated carbocycles. The number of amides is 2. The number of carbonyl (C=O) groups excluding carboxylic acids is 2. The van der Waals surface area contributed by atoms with Gasteiger partial charge in [-0.1, -0.05) is 31.2 Å². The lowest BCUT2D eigenvalue weighted by Gasteiger charge is -2.34. The first kappa shape index (κ1) is 21.0. The third kappa shape index (κ3) is 5.01. The number of nitrogens with one attached hydrogen (secondary N) is 1. The molecule has 29 heavy (non-hydrogen) atoms. The number of hydrogen-bond donors (Lipinski definition) is 1. The summed E-state index contributed by atoms with van der Waals surface area (Å²) in [6, 6.07) is 10.6. The second-order valence-electron chi connectivity index (χ2n) is 7.54. The molecule has 2 aromatic carbocycles. The first-order valence-corrected chi connectivity index (χ1v) is 10.0. The molecule has 0 aliphatic carbocycles. The van der Waals surface area contributed by atoms with Gasteiger partial charge in [-0.2, -0.15) is 0 Å². The first-order valence-electron chi connectivity index (χ1n) is 10.0. The predicted octanol–water partition coefficient (Wildman–Crippen LogP) is 3.40. The molecular formula is C23H28FN3O2. The molecule has 6 heteroatoms. The van der Waals surface area contributed by atoms with Crippen LogP contribution in [0.25, 0.3) is 0 Å². The third-order valence-corrected chi connectivity index (χ3v) is 5.45. The summed E-state index contributed by atoms with van der Waals surface area (Å²) in [5, 5.41) is 3.05. The van der Waals surface area contributed by atoms with E-state index in [1.807, 2.05) is 30.0 Å². The van der Waals surface area contributed by atoms with Crippen LogP contribution in [0.1, 0.15) is 34.0 Å². The van der Waals surface area contributed by atoms with E-state index < -0.39 is 0 Å². The van der Waals surface area contributed by atoms with Gasteiger partial charge in [0.2, 0.25) is 5.91 Å². The summed E-state index contributed by atoms with van der Waals surface area (Å²) < 4.78 is 13.8. The van der Waals surface area contributed by atoms with Gasteiger partial charge in [-0.05, 0) is 49.1 Å². The molecule has 1 saturated heterocycles. The molecule has 3 rings (SSSR count). The van der Waals surface area contributed by atoms with Crippen molar-refractivity contribution in [2.24, 2.45) is 0 Å². The average molecular weight is 397 g/mol. The fourth-order valence-electron chi connectivity index (χ4n) is 3.60. The van der Waals surface area contributed by atoms with Gasteiger partial charge in [-0.15, -0.1) is 0 Å². The number of anilines is 1. The van der Waals surface area contributed by atoms with Gasteiger partial charge < -0.3 is 10.2 Å². The highest BCUT2D eigenvalue weighted by molar-refractivity contribution is 5.95. The lowest BCUT2D eigenvalue weighted by atomic mass is 10.1. The zero-order chi connectivity index (χ0) is 21.0. The summed E-state index contributed by atoms with van der Waals surface area (Å²) >= 11 is 0. The molecule has 154 valence electrons. The molecule has 0 aromatic heterocycles. The van der Waals surface area contributed by atoms with Crippen molar-refractivity contribution >= 4 is 17.5 Å². The van der Waals surface area contributed by atoms with Crippen LogP contribution in [0.2, 0.25) is 0 Å². The molecule has 1 aliphatic heterocycles. The minimum Gasteiger partial charge on any atom is -0.336 e. The van der Waals surface area contributed by atoms with Crippen molar-refractivity contribution in [1.29, 1.82) is 0 Å². The van der Waals surface area contributed by atoms with Crippen LogP contribution < -0.4 is 5.32 Å². The van der Waals surface area contributed by atoms with E-state index in [0.717, 1.165) is 23.2 Å². The van der Waals surface area contributed by atoms with Crippen molar-refractivity contribution < 1.29 is 14.0 Å². The van der Waals surface area contributed by atoms with Gasteiger partial charge in [-0.25, -0.2) is 4.39 Å². The fourth-order valence-corrected chi connectivity index (χ4v) is 3.60. The monoisotopic (exact) mass is 397 g/mol. The maximum absolute atomic E-state index is 13.8. The Hall–Kier alpha value is -2.73. The lowest BCUT2D eigenvalue weighted by Crippen LogP contribution is -2.50. The zero-order valence-corrected chi connectivity index (χ0v) is 17.3. The van der Waals surface area contributed by atoms with Gasteiger partial charge >= 0.3 is 0 Å². The summed E-state index contributed by atoms with van der Waals surface area (Å²) in [4.78, 5) is 28.9. The van der Waals surface area contributed by atoms with Crippen LogP contribution in [0.5, 0.6) is 0 Å². The standard InChI is InChI=1S/C23H28FN3O2/c1-4-18-7-5-6-17(3)22(18)25-21(28)15-26-10-12-27(13-11-26)23(29)19-9-8-16(2)20(24)14-19/h5-9,14H,4,10-13,15H2,1-3H3,(H,25,28). The topological polar surface area (TPSA) is 52.7 Å². The molecule has 0 radical (unpaired) electrons. The Morgan fingerprint density at radius 3 is 2.41 bits per heavy atom. The summed E-state index contributed by atoms with van der Waals surface area (Å²) in [7, 11) is 0. The molecule has 1 heterocycles. The molecule has 0 bridgehead atoms. The maximum atomic E-state index is 13.8. The molecule has 1 aliphatic rings. The summed E-state index contributed by atoms with van der Waals surface area (Å²) in [5.74, 6) is -0.580. The Balaban J connectivity index is 1.54. The van der Waals surface area contributed by atoms with Crippen LogP contribution in [0.4, 0.5) is 10.1 Å². The Labute approximate surface area is 171 Å². The van der Waals surface area contributed by atoms with E-state index in [9.17, 15) is 14.0 Å². The van der Waals surface area contributed by atoms with Crippen LogP contribution in [-0.4, -0.2) is 54.3 Å². The predicted molar refractivity (Wildman–Crippen MR) is 113 cm³/mol. The van der Waals surface area contributed by atoms with Gasteiger partial charge in [0.15, 0.2) is 0 Å². The molecule has 1 N–H and O–H groups in total. The van der Waals surface area contributed by atoms with E-state index in [4.69, 9.17) is 0 Å². The number of aryl methyl sites for hydroxylation is 3. The van der Waals surface area contributed by atoms with E-state index in [1.54, 1.807) is 24.0 Å². The van der Waals surface area contributed by atoms with Crippen molar-refractivity contribution in [2.45, 2.75) is 27.2 Å². The number of halogens is 1. The van der Waals surface area contributed by atoms with Crippen LogP contribution in [0.3, 0.4) is 0 Å². The van der Waals surface area contributed by atoms with Gasteiger partial charge in [-0.3, -0.25) is 14.5 Å². The van der Waals surface area contributed by atoms with Crippen molar-refractivity contribution in [3.8, 4) is 0 Å². The van der Waals surface area contributed by atoms with Crippen molar-refractivity contribution in [3.63, 3.8) is 0 Å².